The fourth-order valence-corrected chi connectivity index (χ4v) is 3.04. The highest BCUT2D eigenvalue weighted by atomic mass is 16.5. The van der Waals surface area contributed by atoms with Crippen LogP contribution in [0.5, 0.6) is 0 Å². The van der Waals surface area contributed by atoms with Crippen LogP contribution in [0, 0.1) is 5.53 Å². The lowest BCUT2D eigenvalue weighted by Crippen LogP contribution is -2.40. The standard InChI is InChI=1S/C21H26N6O2/c1-14(2)24-13-19(26-23)18-11-17(12-25-20(18)22)15-4-3-5-16(10-15)21(28)27-6-8-29-9-7-27/h3-5,10-14,23-24H,6-9H2,1-2H3,(H2,22,25)/b19-13-,26-23?. The van der Waals surface area contributed by atoms with E-state index in [9.17, 15) is 4.79 Å². The number of carbonyl (C=O) groups is 1. The Labute approximate surface area is 170 Å². The van der Waals surface area contributed by atoms with Crippen LogP contribution in [0.25, 0.3) is 16.8 Å². The Kier molecular flexibility index (Phi) is 6.56. The molecule has 0 radical (unpaired) electrons. The summed E-state index contributed by atoms with van der Waals surface area (Å²) >= 11 is 0. The fourth-order valence-electron chi connectivity index (χ4n) is 3.04. The minimum Gasteiger partial charge on any atom is -0.387 e. The van der Waals surface area contributed by atoms with E-state index in [0.717, 1.165) is 11.1 Å². The summed E-state index contributed by atoms with van der Waals surface area (Å²) in [5, 5.41) is 6.71. The lowest BCUT2D eigenvalue weighted by molar-refractivity contribution is 0.0303. The van der Waals surface area contributed by atoms with Crippen molar-refractivity contribution in [2.75, 3.05) is 32.0 Å². The lowest BCUT2D eigenvalue weighted by Gasteiger charge is -2.27. The number of pyridine rings is 1. The van der Waals surface area contributed by atoms with Gasteiger partial charge < -0.3 is 20.7 Å². The number of nitrogens with one attached hydrogen (secondary N) is 2. The predicted octanol–water partition coefficient (Wildman–Crippen LogP) is 3.13. The summed E-state index contributed by atoms with van der Waals surface area (Å²) in [4.78, 5) is 18.9. The maximum atomic E-state index is 12.8. The minimum absolute atomic E-state index is 0.0124. The van der Waals surface area contributed by atoms with Crippen molar-refractivity contribution in [1.29, 1.82) is 5.53 Å². The molecule has 1 aliphatic heterocycles. The summed E-state index contributed by atoms with van der Waals surface area (Å²) in [7, 11) is 0. The van der Waals surface area contributed by atoms with Crippen molar-refractivity contribution in [2.24, 2.45) is 5.11 Å². The third-order valence-electron chi connectivity index (χ3n) is 4.61. The van der Waals surface area contributed by atoms with E-state index in [1.807, 2.05) is 44.2 Å². The molecule has 1 aromatic heterocycles. The molecule has 1 aliphatic rings. The Morgan fingerprint density at radius 3 is 2.76 bits per heavy atom. The Morgan fingerprint density at radius 2 is 2.07 bits per heavy atom. The van der Waals surface area contributed by atoms with Crippen LogP contribution in [-0.2, 0) is 4.74 Å². The molecule has 0 spiro atoms. The highest BCUT2D eigenvalue weighted by Crippen LogP contribution is 2.28. The molecule has 0 atom stereocenters. The molecule has 0 saturated carbocycles. The van der Waals surface area contributed by atoms with Gasteiger partial charge in [0, 0.05) is 48.2 Å². The average Bonchev–Trinajstić information content (AvgIpc) is 2.75. The molecule has 1 aromatic carbocycles. The van der Waals surface area contributed by atoms with Crippen LogP contribution in [0.3, 0.4) is 0 Å². The maximum absolute atomic E-state index is 12.8. The number of nitrogens with zero attached hydrogens (tertiary/aromatic N) is 3. The smallest absolute Gasteiger partial charge is 0.254 e. The summed E-state index contributed by atoms with van der Waals surface area (Å²) < 4.78 is 5.32. The number of anilines is 1. The van der Waals surface area contributed by atoms with Crippen LogP contribution in [0.1, 0.15) is 29.8 Å². The van der Waals surface area contributed by atoms with Gasteiger partial charge in [-0.15, -0.1) is 0 Å². The number of nitrogens with two attached hydrogens (primary N) is 1. The first-order valence-electron chi connectivity index (χ1n) is 9.56. The first kappa shape index (κ1) is 20.5. The molecule has 2 heterocycles. The van der Waals surface area contributed by atoms with Gasteiger partial charge in [0.15, 0.2) is 0 Å². The third-order valence-corrected chi connectivity index (χ3v) is 4.61. The summed E-state index contributed by atoms with van der Waals surface area (Å²) in [5.41, 5.74) is 16.7. The van der Waals surface area contributed by atoms with Gasteiger partial charge in [0.2, 0.25) is 0 Å². The van der Waals surface area contributed by atoms with Gasteiger partial charge in [-0.1, -0.05) is 12.1 Å². The molecular formula is C21H26N6O2. The largest absolute Gasteiger partial charge is 0.387 e. The Bertz CT molecular complexity index is 919. The fraction of sp³-hybridized carbons (Fsp3) is 0.333. The first-order valence-corrected chi connectivity index (χ1v) is 9.56. The monoisotopic (exact) mass is 394 g/mol. The molecule has 0 bridgehead atoms. The van der Waals surface area contributed by atoms with Crippen molar-refractivity contribution < 1.29 is 9.53 Å². The number of carbonyl (C=O) groups excluding carboxylic acids is 1. The quantitative estimate of drug-likeness (QED) is 0.651. The van der Waals surface area contributed by atoms with Gasteiger partial charge in [0.1, 0.15) is 11.5 Å². The Morgan fingerprint density at radius 1 is 1.31 bits per heavy atom. The molecule has 4 N–H and O–H groups in total. The number of ether oxygens (including phenoxy) is 1. The van der Waals surface area contributed by atoms with E-state index in [4.69, 9.17) is 16.0 Å². The highest BCUT2D eigenvalue weighted by Gasteiger charge is 2.19. The Balaban J connectivity index is 1.92. The minimum atomic E-state index is -0.0124. The topological polar surface area (TPSA) is 117 Å². The normalized spacial score (nSPS) is 14.7. The van der Waals surface area contributed by atoms with Crippen molar-refractivity contribution in [1.82, 2.24) is 15.2 Å². The van der Waals surface area contributed by atoms with Crippen LogP contribution in [-0.4, -0.2) is 48.1 Å². The number of amides is 1. The van der Waals surface area contributed by atoms with Crippen molar-refractivity contribution in [3.8, 4) is 11.1 Å². The third kappa shape index (κ3) is 4.97. The van der Waals surface area contributed by atoms with E-state index < -0.39 is 0 Å². The van der Waals surface area contributed by atoms with Crippen molar-refractivity contribution in [2.45, 2.75) is 19.9 Å². The Hall–Kier alpha value is -3.26. The van der Waals surface area contributed by atoms with E-state index in [1.54, 1.807) is 17.3 Å². The molecule has 8 nitrogen and oxygen atoms in total. The molecular weight excluding hydrogens is 368 g/mol. The summed E-state index contributed by atoms with van der Waals surface area (Å²) in [6.45, 7) is 6.30. The summed E-state index contributed by atoms with van der Waals surface area (Å²) in [6.07, 6.45) is 3.32. The number of hydrogen-bond donors (Lipinski definition) is 3. The zero-order valence-electron chi connectivity index (χ0n) is 16.7. The first-order chi connectivity index (χ1) is 14.0. The molecule has 29 heavy (non-hydrogen) atoms. The lowest BCUT2D eigenvalue weighted by atomic mass is 10.0. The molecule has 3 rings (SSSR count). The van der Waals surface area contributed by atoms with Crippen molar-refractivity contribution >= 4 is 17.4 Å². The number of hydrogen-bond acceptors (Lipinski definition) is 7. The van der Waals surface area contributed by atoms with Gasteiger partial charge >= 0.3 is 0 Å². The van der Waals surface area contributed by atoms with Crippen LogP contribution in [0.4, 0.5) is 5.82 Å². The molecule has 8 heteroatoms. The molecule has 0 aliphatic carbocycles. The second-order valence-corrected chi connectivity index (χ2v) is 7.10. The van der Waals surface area contributed by atoms with E-state index in [0.29, 0.717) is 48.9 Å². The van der Waals surface area contributed by atoms with Gasteiger partial charge in [-0.05, 0) is 37.6 Å². The predicted molar refractivity (Wildman–Crippen MR) is 112 cm³/mol. The van der Waals surface area contributed by atoms with Crippen LogP contribution in [0.15, 0.2) is 47.8 Å². The van der Waals surface area contributed by atoms with Crippen LogP contribution >= 0.6 is 0 Å². The highest BCUT2D eigenvalue weighted by molar-refractivity contribution is 5.95. The molecule has 1 amide bonds. The molecule has 1 fully saturated rings. The van der Waals surface area contributed by atoms with E-state index in [-0.39, 0.29) is 11.9 Å². The zero-order valence-corrected chi connectivity index (χ0v) is 16.7. The number of aromatic nitrogens is 1. The molecule has 152 valence electrons. The van der Waals surface area contributed by atoms with Crippen LogP contribution in [0.2, 0.25) is 0 Å². The van der Waals surface area contributed by atoms with Gasteiger partial charge in [-0.2, -0.15) is 5.11 Å². The van der Waals surface area contributed by atoms with Crippen molar-refractivity contribution in [3.05, 3.63) is 53.9 Å². The average molecular weight is 394 g/mol. The summed E-state index contributed by atoms with van der Waals surface area (Å²) in [6, 6.07) is 9.47. The van der Waals surface area contributed by atoms with Crippen molar-refractivity contribution in [3.63, 3.8) is 0 Å². The second-order valence-electron chi connectivity index (χ2n) is 7.10. The van der Waals surface area contributed by atoms with Gasteiger partial charge in [0.05, 0.1) is 13.2 Å². The van der Waals surface area contributed by atoms with E-state index in [2.05, 4.69) is 15.4 Å². The maximum Gasteiger partial charge on any atom is 0.254 e. The van der Waals surface area contributed by atoms with Gasteiger partial charge in [-0.25, -0.2) is 10.5 Å². The number of morpholine rings is 1. The van der Waals surface area contributed by atoms with E-state index >= 15 is 0 Å². The number of benzene rings is 1. The zero-order chi connectivity index (χ0) is 20.8. The number of rotatable bonds is 6. The molecule has 0 unspecified atom stereocenters. The molecule has 1 saturated heterocycles. The molecule has 2 aromatic rings. The van der Waals surface area contributed by atoms with E-state index in [1.165, 1.54) is 0 Å². The van der Waals surface area contributed by atoms with Crippen LogP contribution < -0.4 is 11.1 Å². The van der Waals surface area contributed by atoms with Gasteiger partial charge in [0.25, 0.3) is 5.91 Å². The van der Waals surface area contributed by atoms with Gasteiger partial charge in [-0.3, -0.25) is 4.79 Å². The number of nitrogen functional groups attached to an aromatic ring is 1. The SMILES string of the molecule is CC(C)N/C=C(\N=N)c1cc(-c2cccc(C(=O)N3CCOCC3)c2)cnc1N. The second kappa shape index (κ2) is 9.29. The summed E-state index contributed by atoms with van der Waals surface area (Å²) in [5.74, 6) is 0.281.